The van der Waals surface area contributed by atoms with E-state index in [1.54, 1.807) is 0 Å². The van der Waals surface area contributed by atoms with Gasteiger partial charge in [0.05, 0.1) is 4.83 Å². The molecule has 1 aromatic rings. The molecular weight excluding hydrogens is 244 g/mol. The van der Waals surface area contributed by atoms with Gasteiger partial charge in [-0.2, -0.15) is 0 Å². The summed E-state index contributed by atoms with van der Waals surface area (Å²) < 4.78 is 10.9. The molecule has 14 heavy (non-hydrogen) atoms. The second kappa shape index (κ2) is 4.05. The minimum atomic E-state index is 0.165. The van der Waals surface area contributed by atoms with Crippen LogP contribution in [0.1, 0.15) is 10.4 Å². The first kappa shape index (κ1) is 9.59. The van der Waals surface area contributed by atoms with E-state index in [2.05, 4.69) is 22.5 Å². The molecule has 1 atom stereocenters. The van der Waals surface area contributed by atoms with Crippen molar-refractivity contribution in [2.45, 2.75) is 4.83 Å². The molecule has 74 valence electrons. The molecule has 0 fully saturated rings. The highest BCUT2D eigenvalue weighted by atomic mass is 79.9. The van der Waals surface area contributed by atoms with Crippen LogP contribution in [0.25, 0.3) is 0 Å². The Labute approximate surface area is 91.7 Å². The molecule has 0 radical (unpaired) electrons. The summed E-state index contributed by atoms with van der Waals surface area (Å²) in [6, 6.07) is 5.92. The lowest BCUT2D eigenvalue weighted by atomic mass is 10.1. The molecular formula is C11H11BrO2. The minimum Gasteiger partial charge on any atom is -0.486 e. The summed E-state index contributed by atoms with van der Waals surface area (Å²) in [4.78, 5) is 0.165. The summed E-state index contributed by atoms with van der Waals surface area (Å²) in [5.41, 5.74) is 1.13. The van der Waals surface area contributed by atoms with Crippen molar-refractivity contribution in [1.29, 1.82) is 0 Å². The fraction of sp³-hybridized carbons (Fsp3) is 0.273. The molecule has 1 heterocycles. The molecule has 0 bridgehead atoms. The fourth-order valence-electron chi connectivity index (χ4n) is 1.37. The first-order chi connectivity index (χ1) is 6.81. The standard InChI is InChI=1S/C11H11BrO2/c1-2-9(12)8-3-4-10-11(7-8)14-6-5-13-10/h2-4,7,9H,1,5-6H2. The molecule has 3 heteroatoms. The summed E-state index contributed by atoms with van der Waals surface area (Å²) in [5, 5.41) is 0. The average molecular weight is 255 g/mol. The Morgan fingerprint density at radius 2 is 2.00 bits per heavy atom. The van der Waals surface area contributed by atoms with Crippen molar-refractivity contribution >= 4 is 15.9 Å². The lowest BCUT2D eigenvalue weighted by Crippen LogP contribution is -2.15. The summed E-state index contributed by atoms with van der Waals surface area (Å²) in [7, 11) is 0. The van der Waals surface area contributed by atoms with Crippen LogP contribution in [0, 0.1) is 0 Å². The lowest BCUT2D eigenvalue weighted by molar-refractivity contribution is 0.171. The van der Waals surface area contributed by atoms with E-state index in [9.17, 15) is 0 Å². The smallest absolute Gasteiger partial charge is 0.161 e. The third-order valence-corrected chi connectivity index (χ3v) is 2.99. The zero-order chi connectivity index (χ0) is 9.97. The van der Waals surface area contributed by atoms with Gasteiger partial charge >= 0.3 is 0 Å². The maximum atomic E-state index is 5.48. The van der Waals surface area contributed by atoms with Gasteiger partial charge in [-0.3, -0.25) is 0 Å². The van der Waals surface area contributed by atoms with Crippen molar-refractivity contribution in [3.63, 3.8) is 0 Å². The predicted molar refractivity (Wildman–Crippen MR) is 59.3 cm³/mol. The number of rotatable bonds is 2. The molecule has 0 N–H and O–H groups in total. The van der Waals surface area contributed by atoms with Crippen LogP contribution in [0.3, 0.4) is 0 Å². The molecule has 1 aliphatic heterocycles. The molecule has 1 aromatic carbocycles. The van der Waals surface area contributed by atoms with Crippen molar-refractivity contribution < 1.29 is 9.47 Å². The number of halogens is 1. The SMILES string of the molecule is C=CC(Br)c1ccc2c(c1)OCCO2. The van der Waals surface area contributed by atoms with E-state index >= 15 is 0 Å². The van der Waals surface area contributed by atoms with Crippen LogP contribution in [0.5, 0.6) is 11.5 Å². The van der Waals surface area contributed by atoms with E-state index in [-0.39, 0.29) is 4.83 Å². The van der Waals surface area contributed by atoms with E-state index in [0.717, 1.165) is 17.1 Å². The molecule has 0 aromatic heterocycles. The van der Waals surface area contributed by atoms with Crippen molar-refractivity contribution in [3.05, 3.63) is 36.4 Å². The summed E-state index contributed by atoms with van der Waals surface area (Å²) >= 11 is 3.50. The first-order valence-electron chi connectivity index (χ1n) is 4.47. The molecule has 2 rings (SSSR count). The quantitative estimate of drug-likeness (QED) is 0.597. The highest BCUT2D eigenvalue weighted by Gasteiger charge is 2.13. The topological polar surface area (TPSA) is 18.5 Å². The normalized spacial score (nSPS) is 16.1. The number of hydrogen-bond donors (Lipinski definition) is 0. The van der Waals surface area contributed by atoms with Crippen LogP contribution >= 0.6 is 15.9 Å². The predicted octanol–water partition coefficient (Wildman–Crippen LogP) is 3.08. The molecule has 1 aliphatic rings. The van der Waals surface area contributed by atoms with Crippen molar-refractivity contribution in [2.75, 3.05) is 13.2 Å². The molecule has 2 nitrogen and oxygen atoms in total. The molecule has 1 unspecified atom stereocenters. The van der Waals surface area contributed by atoms with Crippen LogP contribution in [-0.2, 0) is 0 Å². The Balaban J connectivity index is 2.33. The van der Waals surface area contributed by atoms with Crippen LogP contribution < -0.4 is 9.47 Å². The Hall–Kier alpha value is -0.960. The van der Waals surface area contributed by atoms with Gasteiger partial charge in [0.2, 0.25) is 0 Å². The van der Waals surface area contributed by atoms with E-state index in [0.29, 0.717) is 13.2 Å². The van der Waals surface area contributed by atoms with Crippen LogP contribution in [0.4, 0.5) is 0 Å². The highest BCUT2D eigenvalue weighted by Crippen LogP contribution is 2.34. The summed E-state index contributed by atoms with van der Waals surface area (Å²) in [6.07, 6.45) is 1.84. The summed E-state index contributed by atoms with van der Waals surface area (Å²) in [6.45, 7) is 4.98. The van der Waals surface area contributed by atoms with Gasteiger partial charge in [-0.1, -0.05) is 28.1 Å². The molecule has 0 spiro atoms. The Morgan fingerprint density at radius 3 is 2.71 bits per heavy atom. The fourth-order valence-corrected chi connectivity index (χ4v) is 1.65. The van der Waals surface area contributed by atoms with Crippen molar-refractivity contribution in [3.8, 4) is 11.5 Å². The number of ether oxygens (including phenoxy) is 2. The van der Waals surface area contributed by atoms with Gasteiger partial charge in [0.1, 0.15) is 13.2 Å². The number of benzene rings is 1. The van der Waals surface area contributed by atoms with Crippen LogP contribution in [0.15, 0.2) is 30.9 Å². The van der Waals surface area contributed by atoms with E-state index in [1.165, 1.54) is 0 Å². The Morgan fingerprint density at radius 1 is 1.29 bits per heavy atom. The number of allylic oxidation sites excluding steroid dienone is 1. The van der Waals surface area contributed by atoms with Crippen LogP contribution in [-0.4, -0.2) is 13.2 Å². The van der Waals surface area contributed by atoms with Crippen molar-refractivity contribution in [1.82, 2.24) is 0 Å². The molecule has 0 saturated carbocycles. The van der Waals surface area contributed by atoms with Gasteiger partial charge in [0, 0.05) is 0 Å². The van der Waals surface area contributed by atoms with Gasteiger partial charge < -0.3 is 9.47 Å². The van der Waals surface area contributed by atoms with E-state index in [4.69, 9.17) is 9.47 Å². The number of alkyl halides is 1. The maximum Gasteiger partial charge on any atom is 0.161 e. The summed E-state index contributed by atoms with van der Waals surface area (Å²) in [5.74, 6) is 1.64. The van der Waals surface area contributed by atoms with Gasteiger partial charge in [-0.05, 0) is 17.7 Å². The van der Waals surface area contributed by atoms with Gasteiger partial charge in [-0.25, -0.2) is 0 Å². The van der Waals surface area contributed by atoms with Crippen LogP contribution in [0.2, 0.25) is 0 Å². The zero-order valence-electron chi connectivity index (χ0n) is 7.70. The number of fused-ring (bicyclic) bond motifs is 1. The lowest BCUT2D eigenvalue weighted by Gasteiger charge is -2.19. The molecule has 0 amide bonds. The molecule has 0 aliphatic carbocycles. The monoisotopic (exact) mass is 254 g/mol. The second-order valence-electron chi connectivity index (χ2n) is 3.04. The van der Waals surface area contributed by atoms with Gasteiger partial charge in [0.15, 0.2) is 11.5 Å². The zero-order valence-corrected chi connectivity index (χ0v) is 9.29. The molecule has 0 saturated heterocycles. The Bertz CT molecular complexity index is 349. The van der Waals surface area contributed by atoms with Gasteiger partial charge in [-0.15, -0.1) is 6.58 Å². The van der Waals surface area contributed by atoms with E-state index in [1.807, 2.05) is 24.3 Å². The minimum absolute atomic E-state index is 0.165. The van der Waals surface area contributed by atoms with E-state index < -0.39 is 0 Å². The third kappa shape index (κ3) is 1.77. The first-order valence-corrected chi connectivity index (χ1v) is 5.39. The number of hydrogen-bond acceptors (Lipinski definition) is 2. The van der Waals surface area contributed by atoms with Gasteiger partial charge in [0.25, 0.3) is 0 Å². The average Bonchev–Trinajstić information content (AvgIpc) is 2.27. The third-order valence-electron chi connectivity index (χ3n) is 2.09. The maximum absolute atomic E-state index is 5.48. The highest BCUT2D eigenvalue weighted by molar-refractivity contribution is 9.09. The second-order valence-corrected chi connectivity index (χ2v) is 4.03. The largest absolute Gasteiger partial charge is 0.486 e. The van der Waals surface area contributed by atoms with Crippen molar-refractivity contribution in [2.24, 2.45) is 0 Å². The Kier molecular flexibility index (Phi) is 2.77.